The molecule has 122 valence electrons. The van der Waals surface area contributed by atoms with Crippen molar-refractivity contribution >= 4 is 5.91 Å². The third-order valence-electron chi connectivity index (χ3n) is 4.26. The summed E-state index contributed by atoms with van der Waals surface area (Å²) >= 11 is 0. The minimum Gasteiger partial charge on any atom is -0.471 e. The van der Waals surface area contributed by atoms with Crippen molar-refractivity contribution < 1.29 is 9.53 Å². The Morgan fingerprint density at radius 3 is 2.83 bits per heavy atom. The fraction of sp³-hybridized carbons (Fsp3) is 0.444. The number of carbonyl (C=O) groups excluding carboxylic acids is 1. The van der Waals surface area contributed by atoms with Crippen molar-refractivity contribution in [3.05, 3.63) is 47.8 Å². The highest BCUT2D eigenvalue weighted by atomic mass is 16.5. The molecule has 1 N–H and O–H groups in total. The molecule has 0 saturated heterocycles. The van der Waals surface area contributed by atoms with Gasteiger partial charge < -0.3 is 10.1 Å². The van der Waals surface area contributed by atoms with Gasteiger partial charge in [-0.3, -0.25) is 4.79 Å². The van der Waals surface area contributed by atoms with Gasteiger partial charge in [-0.1, -0.05) is 37.5 Å². The number of aromatic nitrogens is 2. The fourth-order valence-electron chi connectivity index (χ4n) is 2.92. The van der Waals surface area contributed by atoms with Crippen LogP contribution in [0.25, 0.3) is 0 Å². The quantitative estimate of drug-likeness (QED) is 0.921. The lowest BCUT2D eigenvalue weighted by Crippen LogP contribution is -2.36. The molecule has 0 atom stereocenters. The molecular weight excluding hydrogens is 290 g/mol. The van der Waals surface area contributed by atoms with E-state index in [0.29, 0.717) is 18.5 Å². The molecule has 3 rings (SSSR count). The van der Waals surface area contributed by atoms with Gasteiger partial charge >= 0.3 is 0 Å². The molecule has 5 nitrogen and oxygen atoms in total. The zero-order valence-electron chi connectivity index (χ0n) is 13.5. The van der Waals surface area contributed by atoms with Crippen molar-refractivity contribution in [2.24, 2.45) is 0 Å². The first kappa shape index (κ1) is 15.6. The Hall–Kier alpha value is -2.30. The van der Waals surface area contributed by atoms with Crippen LogP contribution in [0.3, 0.4) is 0 Å². The predicted molar refractivity (Wildman–Crippen MR) is 88.4 cm³/mol. The maximum absolute atomic E-state index is 12.2. The van der Waals surface area contributed by atoms with Gasteiger partial charge in [0.05, 0.1) is 0 Å². The summed E-state index contributed by atoms with van der Waals surface area (Å²) in [5, 5.41) is 7.38. The van der Waals surface area contributed by atoms with Gasteiger partial charge in [0, 0.05) is 12.2 Å². The van der Waals surface area contributed by atoms with E-state index in [4.69, 9.17) is 4.74 Å². The molecule has 1 saturated carbocycles. The predicted octanol–water partition coefficient (Wildman–Crippen LogP) is 3.29. The highest BCUT2D eigenvalue weighted by Gasteiger charge is 2.18. The van der Waals surface area contributed by atoms with E-state index < -0.39 is 0 Å². The first-order valence-electron chi connectivity index (χ1n) is 8.25. The smallest absolute Gasteiger partial charge is 0.271 e. The second-order valence-electron chi connectivity index (χ2n) is 6.09. The second kappa shape index (κ2) is 7.31. The van der Waals surface area contributed by atoms with Crippen molar-refractivity contribution in [3.8, 4) is 5.75 Å². The van der Waals surface area contributed by atoms with Gasteiger partial charge in [0.25, 0.3) is 5.91 Å². The van der Waals surface area contributed by atoms with E-state index in [-0.39, 0.29) is 5.91 Å². The number of hydrogen-bond donors (Lipinski definition) is 1. The van der Waals surface area contributed by atoms with Crippen LogP contribution in [0.2, 0.25) is 0 Å². The van der Waals surface area contributed by atoms with Crippen molar-refractivity contribution in [1.29, 1.82) is 0 Å². The molecule has 0 aliphatic heterocycles. The highest BCUT2D eigenvalue weighted by molar-refractivity contribution is 5.92. The van der Waals surface area contributed by atoms with Gasteiger partial charge in [0.15, 0.2) is 6.73 Å². The molecule has 1 aromatic heterocycles. The Kier molecular flexibility index (Phi) is 4.95. The average molecular weight is 313 g/mol. The van der Waals surface area contributed by atoms with E-state index in [1.54, 1.807) is 16.9 Å². The molecular formula is C18H23N3O2. The van der Waals surface area contributed by atoms with Gasteiger partial charge in [-0.15, -0.1) is 0 Å². The molecule has 5 heteroatoms. The number of carbonyl (C=O) groups is 1. The lowest BCUT2D eigenvalue weighted by Gasteiger charge is -2.22. The molecule has 1 amide bonds. The number of para-hydroxylation sites is 1. The number of rotatable bonds is 5. The lowest BCUT2D eigenvalue weighted by molar-refractivity contribution is 0.0920. The number of ether oxygens (including phenoxy) is 1. The zero-order chi connectivity index (χ0) is 16.1. The Bertz CT molecular complexity index is 660. The van der Waals surface area contributed by atoms with Crippen LogP contribution in [0.5, 0.6) is 5.75 Å². The summed E-state index contributed by atoms with van der Waals surface area (Å²) in [7, 11) is 0. The molecule has 1 aromatic carbocycles. The van der Waals surface area contributed by atoms with Crippen molar-refractivity contribution in [2.75, 3.05) is 0 Å². The van der Waals surface area contributed by atoms with Gasteiger partial charge in [0.1, 0.15) is 11.4 Å². The molecule has 1 heterocycles. The molecule has 0 bridgehead atoms. The summed E-state index contributed by atoms with van der Waals surface area (Å²) in [6.45, 7) is 2.29. The number of hydrogen-bond acceptors (Lipinski definition) is 3. The number of nitrogens with zero attached hydrogens (tertiary/aromatic N) is 2. The van der Waals surface area contributed by atoms with Crippen LogP contribution >= 0.6 is 0 Å². The molecule has 1 fully saturated rings. The largest absolute Gasteiger partial charge is 0.471 e. The normalized spacial score (nSPS) is 15.3. The van der Waals surface area contributed by atoms with Crippen LogP contribution in [-0.2, 0) is 6.73 Å². The fourth-order valence-corrected chi connectivity index (χ4v) is 2.92. The van der Waals surface area contributed by atoms with Crippen molar-refractivity contribution in [2.45, 2.75) is 51.8 Å². The van der Waals surface area contributed by atoms with Crippen LogP contribution in [-0.4, -0.2) is 21.7 Å². The minimum atomic E-state index is -0.0912. The number of aryl methyl sites for hydroxylation is 1. The van der Waals surface area contributed by atoms with Crippen LogP contribution in [0.15, 0.2) is 36.5 Å². The molecule has 1 aliphatic carbocycles. The van der Waals surface area contributed by atoms with Gasteiger partial charge in [-0.2, -0.15) is 5.10 Å². The summed E-state index contributed by atoms with van der Waals surface area (Å²) in [4.78, 5) is 12.2. The van der Waals surface area contributed by atoms with Gasteiger partial charge in [-0.25, -0.2) is 4.68 Å². The lowest BCUT2D eigenvalue weighted by atomic mass is 9.95. The number of benzene rings is 1. The van der Waals surface area contributed by atoms with E-state index in [1.165, 1.54) is 19.3 Å². The van der Waals surface area contributed by atoms with E-state index in [2.05, 4.69) is 10.4 Å². The standard InChI is InChI=1S/C18H23N3O2/c1-14-7-5-6-10-17(14)23-13-21-12-11-16(20-21)18(22)19-15-8-3-2-4-9-15/h5-7,10-12,15H,2-4,8-9,13H2,1H3,(H,19,22). The van der Waals surface area contributed by atoms with Crippen molar-refractivity contribution in [3.63, 3.8) is 0 Å². The highest BCUT2D eigenvalue weighted by Crippen LogP contribution is 2.18. The summed E-state index contributed by atoms with van der Waals surface area (Å²) in [6, 6.07) is 9.87. The third kappa shape index (κ3) is 4.12. The summed E-state index contributed by atoms with van der Waals surface area (Å²) in [5.74, 6) is 0.739. The molecule has 1 aliphatic rings. The second-order valence-corrected chi connectivity index (χ2v) is 6.09. The number of amides is 1. The first-order chi connectivity index (χ1) is 11.2. The maximum atomic E-state index is 12.2. The Morgan fingerprint density at radius 1 is 1.26 bits per heavy atom. The average Bonchev–Trinajstić information content (AvgIpc) is 3.04. The van der Waals surface area contributed by atoms with Crippen LogP contribution in [0.4, 0.5) is 0 Å². The van der Waals surface area contributed by atoms with Crippen LogP contribution in [0, 0.1) is 6.92 Å². The Balaban J connectivity index is 1.55. The van der Waals surface area contributed by atoms with E-state index in [0.717, 1.165) is 24.2 Å². The van der Waals surface area contributed by atoms with E-state index in [1.807, 2.05) is 31.2 Å². The van der Waals surface area contributed by atoms with Gasteiger partial charge in [-0.05, 0) is 37.5 Å². The Morgan fingerprint density at radius 2 is 2.04 bits per heavy atom. The SMILES string of the molecule is Cc1ccccc1OCn1ccc(C(=O)NC2CCCCC2)n1. The van der Waals surface area contributed by atoms with Crippen LogP contribution < -0.4 is 10.1 Å². The molecule has 23 heavy (non-hydrogen) atoms. The number of nitrogens with one attached hydrogen (secondary N) is 1. The molecule has 0 spiro atoms. The monoisotopic (exact) mass is 313 g/mol. The van der Waals surface area contributed by atoms with E-state index in [9.17, 15) is 4.79 Å². The summed E-state index contributed by atoms with van der Waals surface area (Å²) < 4.78 is 7.38. The Labute approximate surface area is 136 Å². The summed E-state index contributed by atoms with van der Waals surface area (Å²) in [5.41, 5.74) is 1.53. The zero-order valence-corrected chi connectivity index (χ0v) is 13.5. The molecule has 0 unspecified atom stereocenters. The third-order valence-corrected chi connectivity index (χ3v) is 4.26. The van der Waals surface area contributed by atoms with E-state index >= 15 is 0 Å². The molecule has 0 radical (unpaired) electrons. The molecule has 2 aromatic rings. The maximum Gasteiger partial charge on any atom is 0.271 e. The van der Waals surface area contributed by atoms with Gasteiger partial charge in [0.2, 0.25) is 0 Å². The first-order valence-corrected chi connectivity index (χ1v) is 8.25. The topological polar surface area (TPSA) is 56.1 Å². The minimum absolute atomic E-state index is 0.0912. The van der Waals surface area contributed by atoms with Crippen molar-refractivity contribution in [1.82, 2.24) is 15.1 Å². The summed E-state index contributed by atoms with van der Waals surface area (Å²) in [6.07, 6.45) is 7.59. The van der Waals surface area contributed by atoms with Crippen LogP contribution in [0.1, 0.15) is 48.2 Å².